The number of hydrogen-bond acceptors (Lipinski definition) is 7. The molecule has 174 valence electrons. The van der Waals surface area contributed by atoms with Crippen molar-refractivity contribution in [2.24, 2.45) is 0 Å². The number of aryl methyl sites for hydroxylation is 1. The van der Waals surface area contributed by atoms with Gasteiger partial charge >= 0.3 is 0 Å². The lowest BCUT2D eigenvalue weighted by Gasteiger charge is -2.36. The van der Waals surface area contributed by atoms with Gasteiger partial charge in [0.2, 0.25) is 0 Å². The zero-order chi connectivity index (χ0) is 23.8. The van der Waals surface area contributed by atoms with Gasteiger partial charge in [0.05, 0.1) is 5.56 Å². The van der Waals surface area contributed by atoms with Crippen LogP contribution in [-0.4, -0.2) is 46.4 Å². The van der Waals surface area contributed by atoms with Gasteiger partial charge in [-0.15, -0.1) is 0 Å². The summed E-state index contributed by atoms with van der Waals surface area (Å²) in [5.74, 6) is -0.0241. The third-order valence-electron chi connectivity index (χ3n) is 6.37. The van der Waals surface area contributed by atoms with Crippen LogP contribution >= 0.6 is 0 Å². The molecule has 0 saturated carbocycles. The number of rotatable bonds is 4. The predicted octanol–water partition coefficient (Wildman–Crippen LogP) is 4.21. The Labute approximate surface area is 196 Å². The Morgan fingerprint density at radius 2 is 1.53 bits per heavy atom. The molecule has 0 atom stereocenters. The Bertz CT molecular complexity index is 1390. The molecule has 0 amide bonds. The van der Waals surface area contributed by atoms with Crippen molar-refractivity contribution in [3.8, 4) is 28.6 Å². The average molecular weight is 459 g/mol. The van der Waals surface area contributed by atoms with Crippen LogP contribution in [0.4, 0.5) is 5.69 Å². The first-order valence-corrected chi connectivity index (χ1v) is 11.2. The fourth-order valence-corrected chi connectivity index (χ4v) is 4.42. The molecule has 0 unspecified atom stereocenters. The van der Waals surface area contributed by atoms with Crippen LogP contribution in [0.5, 0.6) is 17.2 Å². The maximum atomic E-state index is 12.9. The van der Waals surface area contributed by atoms with Crippen LogP contribution in [0.1, 0.15) is 11.1 Å². The van der Waals surface area contributed by atoms with E-state index < -0.39 is 5.43 Å². The molecule has 1 aliphatic rings. The molecule has 1 aliphatic heterocycles. The standard InChI is InChI=1S/C27H26N2O5/c1-17-2-6-19(7-3-17)29-12-10-28(11-13-29)16-21-22(31)14-23(32)26-24(33)15-25(34-27(21)26)18-4-8-20(30)9-5-18/h2-9,14-15,30-32H,10-13,16H2,1H3. The van der Waals surface area contributed by atoms with E-state index in [1.165, 1.54) is 35.5 Å². The van der Waals surface area contributed by atoms with Gasteiger partial charge in [-0.1, -0.05) is 17.7 Å². The van der Waals surface area contributed by atoms with E-state index in [1.54, 1.807) is 12.1 Å². The van der Waals surface area contributed by atoms with Crippen LogP contribution in [0, 0.1) is 6.92 Å². The number of piperazine rings is 1. The van der Waals surface area contributed by atoms with Gasteiger partial charge in [0.1, 0.15) is 28.4 Å². The number of phenols is 3. The lowest BCUT2D eigenvalue weighted by Crippen LogP contribution is -2.46. The lowest BCUT2D eigenvalue weighted by molar-refractivity contribution is 0.246. The zero-order valence-corrected chi connectivity index (χ0v) is 18.9. The first-order valence-electron chi connectivity index (χ1n) is 11.2. The fourth-order valence-electron chi connectivity index (χ4n) is 4.42. The molecule has 0 aliphatic carbocycles. The first-order chi connectivity index (χ1) is 16.4. The second kappa shape index (κ2) is 8.76. The molecule has 3 N–H and O–H groups in total. The summed E-state index contributed by atoms with van der Waals surface area (Å²) in [7, 11) is 0. The Hall–Kier alpha value is -3.97. The van der Waals surface area contributed by atoms with Gasteiger partial charge in [-0.25, -0.2) is 0 Å². The fraction of sp³-hybridized carbons (Fsp3) is 0.222. The summed E-state index contributed by atoms with van der Waals surface area (Å²) in [5.41, 5.74) is 3.27. The van der Waals surface area contributed by atoms with Crippen LogP contribution in [0.3, 0.4) is 0 Å². The maximum absolute atomic E-state index is 12.9. The van der Waals surface area contributed by atoms with Crippen molar-refractivity contribution in [3.63, 3.8) is 0 Å². The largest absolute Gasteiger partial charge is 0.508 e. The van der Waals surface area contributed by atoms with Crippen molar-refractivity contribution in [2.45, 2.75) is 13.5 Å². The van der Waals surface area contributed by atoms with Crippen molar-refractivity contribution < 1.29 is 19.7 Å². The summed E-state index contributed by atoms with van der Waals surface area (Å²) in [5, 5.41) is 30.7. The molecule has 1 saturated heterocycles. The molecule has 4 aromatic rings. The van der Waals surface area contributed by atoms with E-state index >= 15 is 0 Å². The summed E-state index contributed by atoms with van der Waals surface area (Å²) in [6, 6.07) is 17.3. The summed E-state index contributed by atoms with van der Waals surface area (Å²) < 4.78 is 6.07. The third-order valence-corrected chi connectivity index (χ3v) is 6.37. The number of nitrogens with zero attached hydrogens (tertiary/aromatic N) is 2. The van der Waals surface area contributed by atoms with E-state index in [1.807, 2.05) is 0 Å². The Kier molecular flexibility index (Phi) is 5.63. The van der Waals surface area contributed by atoms with Crippen LogP contribution in [0.15, 0.2) is 69.9 Å². The Morgan fingerprint density at radius 3 is 2.21 bits per heavy atom. The minimum absolute atomic E-state index is 0.0496. The normalized spacial score (nSPS) is 14.6. The minimum atomic E-state index is -0.396. The molecule has 0 radical (unpaired) electrons. The number of hydrogen-bond donors (Lipinski definition) is 3. The van der Waals surface area contributed by atoms with E-state index in [4.69, 9.17) is 4.42 Å². The van der Waals surface area contributed by atoms with Crippen molar-refractivity contribution in [1.82, 2.24) is 4.90 Å². The molecule has 0 spiro atoms. The van der Waals surface area contributed by atoms with Crippen molar-refractivity contribution in [2.75, 3.05) is 31.1 Å². The number of anilines is 1. The molecule has 7 heteroatoms. The van der Waals surface area contributed by atoms with Crippen LogP contribution < -0.4 is 10.3 Å². The predicted molar refractivity (Wildman–Crippen MR) is 132 cm³/mol. The van der Waals surface area contributed by atoms with Gasteiger partial charge in [-0.2, -0.15) is 0 Å². The molecular weight excluding hydrogens is 432 g/mol. The number of aromatic hydroxyl groups is 3. The summed E-state index contributed by atoms with van der Waals surface area (Å²) in [6.45, 7) is 5.67. The Morgan fingerprint density at radius 1 is 0.853 bits per heavy atom. The van der Waals surface area contributed by atoms with Crippen LogP contribution in [-0.2, 0) is 6.54 Å². The van der Waals surface area contributed by atoms with E-state index in [2.05, 4.69) is 41.0 Å². The minimum Gasteiger partial charge on any atom is -0.508 e. The van der Waals surface area contributed by atoms with Crippen molar-refractivity contribution in [3.05, 3.63) is 82.0 Å². The molecule has 5 rings (SSSR count). The number of phenolic OH excluding ortho intramolecular Hbond substituents is 3. The molecule has 0 bridgehead atoms. The second-order valence-electron chi connectivity index (χ2n) is 8.72. The van der Waals surface area contributed by atoms with Gasteiger partial charge in [0.15, 0.2) is 11.0 Å². The van der Waals surface area contributed by atoms with Gasteiger partial charge < -0.3 is 24.6 Å². The highest BCUT2D eigenvalue weighted by Gasteiger charge is 2.23. The molecule has 34 heavy (non-hydrogen) atoms. The lowest BCUT2D eigenvalue weighted by atomic mass is 10.1. The second-order valence-corrected chi connectivity index (χ2v) is 8.72. The van der Waals surface area contributed by atoms with Crippen LogP contribution in [0.2, 0.25) is 0 Å². The first kappa shape index (κ1) is 21.9. The summed E-state index contributed by atoms with van der Waals surface area (Å²) in [6.07, 6.45) is 0. The third kappa shape index (κ3) is 4.18. The van der Waals surface area contributed by atoms with E-state index in [0.29, 0.717) is 23.4 Å². The van der Waals surface area contributed by atoms with Gasteiger partial charge in [0, 0.05) is 56.1 Å². The number of fused-ring (bicyclic) bond motifs is 1. The summed E-state index contributed by atoms with van der Waals surface area (Å²) >= 11 is 0. The molecule has 3 aromatic carbocycles. The zero-order valence-electron chi connectivity index (χ0n) is 18.9. The van der Waals surface area contributed by atoms with Gasteiger partial charge in [0.25, 0.3) is 0 Å². The quantitative estimate of drug-likeness (QED) is 0.422. The average Bonchev–Trinajstić information content (AvgIpc) is 2.82. The Balaban J connectivity index is 1.45. The van der Waals surface area contributed by atoms with E-state index in [-0.39, 0.29) is 28.2 Å². The molecular formula is C27H26N2O5. The molecule has 1 fully saturated rings. The van der Waals surface area contributed by atoms with Crippen molar-refractivity contribution >= 4 is 16.7 Å². The smallest absolute Gasteiger partial charge is 0.197 e. The van der Waals surface area contributed by atoms with E-state index in [0.717, 1.165) is 26.2 Å². The highest BCUT2D eigenvalue weighted by Crippen LogP contribution is 2.36. The SMILES string of the molecule is Cc1ccc(N2CCN(Cc3c(O)cc(O)c4c(=O)cc(-c5ccc(O)cc5)oc34)CC2)cc1. The van der Waals surface area contributed by atoms with Crippen LogP contribution in [0.25, 0.3) is 22.3 Å². The maximum Gasteiger partial charge on any atom is 0.197 e. The highest BCUT2D eigenvalue weighted by atomic mass is 16.3. The highest BCUT2D eigenvalue weighted by molar-refractivity contribution is 5.89. The molecule has 1 aromatic heterocycles. The van der Waals surface area contributed by atoms with Crippen molar-refractivity contribution in [1.29, 1.82) is 0 Å². The monoisotopic (exact) mass is 458 g/mol. The van der Waals surface area contributed by atoms with E-state index in [9.17, 15) is 20.1 Å². The van der Waals surface area contributed by atoms with Gasteiger partial charge in [-0.05, 0) is 43.3 Å². The molecule has 2 heterocycles. The van der Waals surface area contributed by atoms with Gasteiger partial charge in [-0.3, -0.25) is 9.69 Å². The number of benzene rings is 3. The summed E-state index contributed by atoms with van der Waals surface area (Å²) in [4.78, 5) is 17.4. The molecule has 7 nitrogen and oxygen atoms in total. The topological polar surface area (TPSA) is 97.4 Å².